The predicted octanol–water partition coefficient (Wildman–Crippen LogP) is 0.265. The van der Waals surface area contributed by atoms with Crippen molar-refractivity contribution in [2.75, 3.05) is 0 Å². The quantitative estimate of drug-likeness (QED) is 0.579. The lowest BCUT2D eigenvalue weighted by molar-refractivity contribution is 0.387. The highest BCUT2D eigenvalue weighted by Crippen LogP contribution is 2.33. The Balaban J connectivity index is 3.08. The lowest BCUT2D eigenvalue weighted by Crippen LogP contribution is -1.98. The van der Waals surface area contributed by atoms with E-state index in [0.717, 1.165) is 6.26 Å². The van der Waals surface area contributed by atoms with E-state index in [1.807, 2.05) is 0 Å². The van der Waals surface area contributed by atoms with E-state index in [1.54, 1.807) is 0 Å². The van der Waals surface area contributed by atoms with Crippen molar-refractivity contribution < 1.29 is 18.8 Å². The van der Waals surface area contributed by atoms with Crippen LogP contribution in [0.4, 0.5) is 0 Å². The van der Waals surface area contributed by atoms with Crippen LogP contribution in [0.5, 0.6) is 0 Å². The molecule has 5 heteroatoms. The molecule has 4 nitrogen and oxygen atoms in total. The molecule has 0 aromatic carbocycles. The van der Waals surface area contributed by atoms with E-state index in [4.69, 9.17) is 9.79 Å². The largest absolute Gasteiger partial charge is 0.468 e. The summed E-state index contributed by atoms with van der Waals surface area (Å²) in [5, 5.41) is -0.127. The topological polar surface area (TPSA) is 70.7 Å². The van der Waals surface area contributed by atoms with Crippen LogP contribution >= 0.6 is 7.60 Å². The van der Waals surface area contributed by atoms with Crippen LogP contribution in [0.25, 0.3) is 0 Å². The van der Waals surface area contributed by atoms with E-state index >= 15 is 0 Å². The zero-order valence-electron chi connectivity index (χ0n) is 5.02. The summed E-state index contributed by atoms with van der Waals surface area (Å²) >= 11 is 0. The monoisotopic (exact) mass is 161 g/mol. The maximum atomic E-state index is 10.5. The second-order valence-corrected chi connectivity index (χ2v) is 3.42. The Morgan fingerprint density at radius 2 is 2.20 bits per heavy atom. The first-order valence-electron chi connectivity index (χ1n) is 2.47. The zero-order chi connectivity index (χ0) is 7.78. The molecule has 0 saturated heterocycles. The highest BCUT2D eigenvalue weighted by Gasteiger charge is 2.18. The van der Waals surface area contributed by atoms with Crippen LogP contribution in [0.2, 0.25) is 0 Å². The second kappa shape index (κ2) is 2.23. The fraction of sp³-hybridized carbons (Fsp3) is 0. The molecule has 1 aromatic heterocycles. The van der Waals surface area contributed by atoms with Crippen molar-refractivity contribution in [3.8, 4) is 0 Å². The maximum absolute atomic E-state index is 10.5. The molecule has 55 valence electrons. The molecule has 0 atom stereocenters. The third-order valence-electron chi connectivity index (χ3n) is 0.976. The van der Waals surface area contributed by atoms with Crippen molar-refractivity contribution >= 4 is 12.9 Å². The third kappa shape index (κ3) is 1.48. The summed E-state index contributed by atoms with van der Waals surface area (Å²) in [6.45, 7) is 3.34. The molecular formula is C5H6O4P. The molecule has 1 heterocycles. The van der Waals surface area contributed by atoms with Gasteiger partial charge in [0, 0.05) is 6.92 Å². The fourth-order valence-electron chi connectivity index (χ4n) is 0.522. The first-order chi connectivity index (χ1) is 4.50. The Morgan fingerprint density at radius 3 is 2.40 bits per heavy atom. The van der Waals surface area contributed by atoms with Gasteiger partial charge in [0.2, 0.25) is 0 Å². The van der Waals surface area contributed by atoms with Gasteiger partial charge in [-0.2, -0.15) is 0 Å². The molecule has 2 N–H and O–H groups in total. The van der Waals surface area contributed by atoms with E-state index in [9.17, 15) is 4.57 Å². The molecule has 1 rings (SSSR count). The predicted molar refractivity (Wildman–Crippen MR) is 34.8 cm³/mol. The van der Waals surface area contributed by atoms with Crippen LogP contribution in [0.3, 0.4) is 0 Å². The highest BCUT2D eigenvalue weighted by molar-refractivity contribution is 7.60. The number of furan rings is 1. The summed E-state index contributed by atoms with van der Waals surface area (Å²) in [6, 6.07) is 1.21. The van der Waals surface area contributed by atoms with Crippen molar-refractivity contribution in [1.29, 1.82) is 0 Å². The molecule has 0 unspecified atom stereocenters. The van der Waals surface area contributed by atoms with Gasteiger partial charge in [0.1, 0.15) is 17.3 Å². The summed E-state index contributed by atoms with van der Waals surface area (Å²) in [7, 11) is -4.13. The van der Waals surface area contributed by atoms with E-state index in [2.05, 4.69) is 11.3 Å². The summed E-state index contributed by atoms with van der Waals surface area (Å²) in [5.41, 5.74) is 0. The Kier molecular flexibility index (Phi) is 1.68. The molecule has 0 aliphatic heterocycles. The lowest BCUT2D eigenvalue weighted by Gasteiger charge is -1.95. The summed E-state index contributed by atoms with van der Waals surface area (Å²) in [4.78, 5) is 17.1. The van der Waals surface area contributed by atoms with Gasteiger partial charge in [0.15, 0.2) is 0 Å². The van der Waals surface area contributed by atoms with Crippen molar-refractivity contribution in [2.24, 2.45) is 0 Å². The number of hydrogen-bond donors (Lipinski definition) is 2. The zero-order valence-corrected chi connectivity index (χ0v) is 5.91. The maximum Gasteiger partial charge on any atom is 0.359 e. The highest BCUT2D eigenvalue weighted by atomic mass is 31.2. The SMILES string of the molecule is [CH2]c1cc(P(=O)(O)O)co1. The van der Waals surface area contributed by atoms with Crippen molar-refractivity contribution in [1.82, 2.24) is 0 Å². The number of hydrogen-bond acceptors (Lipinski definition) is 2. The van der Waals surface area contributed by atoms with E-state index in [0.29, 0.717) is 0 Å². The molecule has 10 heavy (non-hydrogen) atoms. The second-order valence-electron chi connectivity index (χ2n) is 1.82. The van der Waals surface area contributed by atoms with Crippen LogP contribution in [0.15, 0.2) is 16.7 Å². The molecular weight excluding hydrogens is 155 g/mol. The molecule has 0 aliphatic rings. The van der Waals surface area contributed by atoms with Gasteiger partial charge in [0.05, 0.1) is 0 Å². The Hall–Kier alpha value is -0.570. The normalized spacial score (nSPS) is 11.9. The summed E-state index contributed by atoms with van der Waals surface area (Å²) in [6.07, 6.45) is 1.00. The molecule has 1 aromatic rings. The first-order valence-corrected chi connectivity index (χ1v) is 4.08. The molecule has 0 amide bonds. The van der Waals surface area contributed by atoms with Gasteiger partial charge in [0.25, 0.3) is 0 Å². The molecule has 0 fully saturated rings. The number of rotatable bonds is 1. The van der Waals surface area contributed by atoms with Gasteiger partial charge in [-0.15, -0.1) is 0 Å². The average Bonchev–Trinajstić information content (AvgIpc) is 2.11. The van der Waals surface area contributed by atoms with Gasteiger partial charge in [-0.25, -0.2) is 0 Å². The van der Waals surface area contributed by atoms with Gasteiger partial charge < -0.3 is 14.2 Å². The van der Waals surface area contributed by atoms with E-state index in [1.165, 1.54) is 6.07 Å². The minimum absolute atomic E-state index is 0.127. The smallest absolute Gasteiger partial charge is 0.359 e. The fourth-order valence-corrected chi connectivity index (χ4v) is 1.02. The summed E-state index contributed by atoms with van der Waals surface area (Å²) < 4.78 is 15.0. The van der Waals surface area contributed by atoms with Crippen LogP contribution < -0.4 is 5.30 Å². The third-order valence-corrected chi connectivity index (χ3v) is 1.88. The Labute approximate surface area is 57.6 Å². The Morgan fingerprint density at radius 1 is 1.60 bits per heavy atom. The van der Waals surface area contributed by atoms with Crippen molar-refractivity contribution in [2.45, 2.75) is 0 Å². The van der Waals surface area contributed by atoms with Gasteiger partial charge in [-0.3, -0.25) is 4.57 Å². The molecule has 0 saturated carbocycles. The molecule has 1 radical (unpaired) electrons. The summed E-state index contributed by atoms with van der Waals surface area (Å²) in [5.74, 6) is 0.248. The molecule has 0 spiro atoms. The van der Waals surface area contributed by atoms with Crippen molar-refractivity contribution in [3.63, 3.8) is 0 Å². The first kappa shape index (κ1) is 7.54. The minimum atomic E-state index is -4.13. The molecule has 0 bridgehead atoms. The minimum Gasteiger partial charge on any atom is -0.468 e. The van der Waals surface area contributed by atoms with Gasteiger partial charge >= 0.3 is 7.60 Å². The van der Waals surface area contributed by atoms with E-state index in [-0.39, 0.29) is 11.1 Å². The van der Waals surface area contributed by atoms with Gasteiger partial charge in [-0.1, -0.05) is 0 Å². The van der Waals surface area contributed by atoms with Gasteiger partial charge in [-0.05, 0) is 6.07 Å². The van der Waals surface area contributed by atoms with Crippen LogP contribution in [-0.4, -0.2) is 9.79 Å². The van der Waals surface area contributed by atoms with E-state index < -0.39 is 7.60 Å². The van der Waals surface area contributed by atoms with Crippen LogP contribution in [-0.2, 0) is 4.57 Å². The lowest BCUT2D eigenvalue weighted by atomic mass is 10.5. The van der Waals surface area contributed by atoms with Crippen LogP contribution in [0, 0.1) is 6.92 Å². The molecule has 0 aliphatic carbocycles. The van der Waals surface area contributed by atoms with Crippen molar-refractivity contribution in [3.05, 3.63) is 25.0 Å². The Bertz CT molecular complexity index is 271. The standard InChI is InChI=1S/C5H6O4P/c1-4-2-5(3-9-4)10(6,7)8/h2-3H,1H2,(H2,6,7,8). The average molecular weight is 161 g/mol. The van der Waals surface area contributed by atoms with Crippen LogP contribution in [0.1, 0.15) is 5.76 Å².